The maximum atomic E-state index is 14.0. The average Bonchev–Trinajstić information content (AvgIpc) is 2.46. The zero-order chi connectivity index (χ0) is 18.0. The van der Waals surface area contributed by atoms with E-state index in [0.29, 0.717) is 6.07 Å². The predicted molar refractivity (Wildman–Crippen MR) is 73.5 cm³/mol. The monoisotopic (exact) mass is 350 g/mol. The van der Waals surface area contributed by atoms with E-state index in [1.165, 1.54) is 25.1 Å². The Morgan fingerprint density at radius 1 is 0.958 bits per heavy atom. The molecule has 0 heterocycles. The Hall–Kier alpha value is -2.38. The van der Waals surface area contributed by atoms with Crippen LogP contribution in [0.2, 0.25) is 0 Å². The van der Waals surface area contributed by atoms with Crippen molar-refractivity contribution in [3.8, 4) is 11.5 Å². The topological polar surface area (TPSA) is 18.5 Å². The van der Waals surface area contributed by atoms with Crippen LogP contribution in [0.5, 0.6) is 11.5 Å². The highest BCUT2D eigenvalue weighted by Gasteiger charge is 2.40. The van der Waals surface area contributed by atoms with Crippen LogP contribution in [0, 0.1) is 5.82 Å². The van der Waals surface area contributed by atoms with Gasteiger partial charge in [-0.15, -0.1) is 0 Å². The maximum Gasteiger partial charge on any atom is 0.426 e. The van der Waals surface area contributed by atoms with Gasteiger partial charge in [0.25, 0.3) is 0 Å². The molecule has 0 radical (unpaired) electrons. The Labute approximate surface area is 133 Å². The van der Waals surface area contributed by atoms with Crippen LogP contribution in [-0.4, -0.2) is 6.61 Å². The molecular weight excluding hydrogens is 338 g/mol. The number of rotatable bonds is 5. The van der Waals surface area contributed by atoms with Crippen molar-refractivity contribution in [2.75, 3.05) is 6.61 Å². The van der Waals surface area contributed by atoms with E-state index in [2.05, 4.69) is 4.74 Å². The first-order chi connectivity index (χ1) is 11.1. The fourth-order valence-corrected chi connectivity index (χ4v) is 2.00. The van der Waals surface area contributed by atoms with Crippen LogP contribution in [0.15, 0.2) is 42.5 Å². The minimum atomic E-state index is -5.03. The molecule has 24 heavy (non-hydrogen) atoms. The summed E-state index contributed by atoms with van der Waals surface area (Å²) in [4.78, 5) is 0. The molecule has 0 N–H and O–H groups in total. The van der Waals surface area contributed by atoms with Crippen molar-refractivity contribution < 1.29 is 35.8 Å². The van der Waals surface area contributed by atoms with Gasteiger partial charge in [0.05, 0.1) is 12.2 Å². The Bertz CT molecular complexity index is 698. The molecule has 8 heteroatoms. The van der Waals surface area contributed by atoms with E-state index < -0.39 is 40.7 Å². The summed E-state index contributed by atoms with van der Waals surface area (Å²) in [7, 11) is 0. The van der Waals surface area contributed by atoms with Crippen molar-refractivity contribution in [2.24, 2.45) is 0 Å². The summed E-state index contributed by atoms with van der Waals surface area (Å²) in [6.45, 7) is 1.17. The highest BCUT2D eigenvalue weighted by Crippen LogP contribution is 2.42. The predicted octanol–water partition coefficient (Wildman–Crippen LogP) is 5.37. The molecule has 2 nitrogen and oxygen atoms in total. The Balaban J connectivity index is 2.42. The van der Waals surface area contributed by atoms with Gasteiger partial charge in [-0.1, -0.05) is 18.2 Å². The summed E-state index contributed by atoms with van der Waals surface area (Å²) in [5.41, 5.74) is -2.19. The van der Waals surface area contributed by atoms with E-state index in [4.69, 9.17) is 4.74 Å². The number of halogens is 6. The van der Waals surface area contributed by atoms with Gasteiger partial charge in [0.15, 0.2) is 0 Å². The number of ether oxygens (including phenoxy) is 2. The normalized spacial score (nSPS) is 12.1. The second kappa shape index (κ2) is 6.62. The Morgan fingerprint density at radius 3 is 2.12 bits per heavy atom. The standard InChI is InChI=1S/C16H12F6O2/c1-2-23-13-9-11(8-12(17)14(13)15(18,19)20)24-16(21,22)10-6-4-3-5-7-10/h3-9H,2H2,1H3. The van der Waals surface area contributed by atoms with Gasteiger partial charge in [-0.2, -0.15) is 22.0 Å². The summed E-state index contributed by atoms with van der Waals surface area (Å²) < 4.78 is 89.5. The van der Waals surface area contributed by atoms with Crippen molar-refractivity contribution in [3.63, 3.8) is 0 Å². The molecule has 0 aliphatic heterocycles. The van der Waals surface area contributed by atoms with Gasteiger partial charge in [-0.05, 0) is 19.1 Å². The number of benzene rings is 2. The van der Waals surface area contributed by atoms with Gasteiger partial charge >= 0.3 is 12.3 Å². The van der Waals surface area contributed by atoms with Crippen molar-refractivity contribution in [1.29, 1.82) is 0 Å². The van der Waals surface area contributed by atoms with Crippen LogP contribution in [0.25, 0.3) is 0 Å². The van der Waals surface area contributed by atoms with Crippen LogP contribution < -0.4 is 9.47 Å². The fourth-order valence-electron chi connectivity index (χ4n) is 2.00. The number of alkyl halides is 5. The maximum absolute atomic E-state index is 14.0. The van der Waals surface area contributed by atoms with Crippen LogP contribution in [0.1, 0.15) is 18.1 Å². The molecule has 130 valence electrons. The Kier molecular flexibility index (Phi) is 4.96. The first kappa shape index (κ1) is 18.0. The molecule has 0 aromatic heterocycles. The molecule has 0 saturated carbocycles. The molecule has 0 atom stereocenters. The van der Waals surface area contributed by atoms with Crippen LogP contribution in [0.3, 0.4) is 0 Å². The molecule has 0 aliphatic rings. The molecule has 0 saturated heterocycles. The lowest BCUT2D eigenvalue weighted by Gasteiger charge is -2.20. The zero-order valence-corrected chi connectivity index (χ0v) is 12.3. The lowest BCUT2D eigenvalue weighted by Crippen LogP contribution is -2.22. The third-order valence-electron chi connectivity index (χ3n) is 2.97. The lowest BCUT2D eigenvalue weighted by atomic mass is 10.1. The highest BCUT2D eigenvalue weighted by atomic mass is 19.4. The van der Waals surface area contributed by atoms with Crippen molar-refractivity contribution in [2.45, 2.75) is 19.2 Å². The van der Waals surface area contributed by atoms with Gasteiger partial charge in [-0.25, -0.2) is 4.39 Å². The van der Waals surface area contributed by atoms with E-state index in [0.717, 1.165) is 12.1 Å². The fraction of sp³-hybridized carbons (Fsp3) is 0.250. The summed E-state index contributed by atoms with van der Waals surface area (Å²) in [6.07, 6.45) is -8.88. The molecule has 0 unspecified atom stereocenters. The van der Waals surface area contributed by atoms with Crippen molar-refractivity contribution in [1.82, 2.24) is 0 Å². The molecule has 2 aromatic rings. The minimum Gasteiger partial charge on any atom is -0.493 e. The molecule has 0 spiro atoms. The van der Waals surface area contributed by atoms with E-state index in [1.807, 2.05) is 0 Å². The molecular formula is C16H12F6O2. The van der Waals surface area contributed by atoms with E-state index >= 15 is 0 Å². The van der Waals surface area contributed by atoms with Crippen molar-refractivity contribution in [3.05, 3.63) is 59.4 Å². The summed E-state index contributed by atoms with van der Waals surface area (Å²) in [5.74, 6) is -3.45. The minimum absolute atomic E-state index is 0.207. The number of hydrogen-bond donors (Lipinski definition) is 0. The summed E-state index contributed by atoms with van der Waals surface area (Å²) in [5, 5.41) is 0. The van der Waals surface area contributed by atoms with Crippen LogP contribution >= 0.6 is 0 Å². The first-order valence-electron chi connectivity index (χ1n) is 6.81. The SMILES string of the molecule is CCOc1cc(OC(F)(F)c2ccccc2)cc(F)c1C(F)(F)F. The summed E-state index contributed by atoms with van der Waals surface area (Å²) in [6, 6.07) is 7.17. The zero-order valence-electron chi connectivity index (χ0n) is 12.3. The average molecular weight is 350 g/mol. The quantitative estimate of drug-likeness (QED) is 0.675. The molecule has 2 rings (SSSR count). The molecule has 0 bridgehead atoms. The number of hydrogen-bond acceptors (Lipinski definition) is 2. The largest absolute Gasteiger partial charge is 0.493 e. The molecule has 2 aromatic carbocycles. The van der Waals surface area contributed by atoms with Crippen LogP contribution in [-0.2, 0) is 12.3 Å². The highest BCUT2D eigenvalue weighted by molar-refractivity contribution is 5.44. The van der Waals surface area contributed by atoms with Gasteiger partial charge in [0, 0.05) is 12.1 Å². The van der Waals surface area contributed by atoms with Crippen molar-refractivity contribution >= 4 is 0 Å². The van der Waals surface area contributed by atoms with Gasteiger partial charge in [-0.3, -0.25) is 0 Å². The second-order valence-corrected chi connectivity index (χ2v) is 4.69. The van der Waals surface area contributed by atoms with E-state index in [-0.39, 0.29) is 12.7 Å². The third-order valence-corrected chi connectivity index (χ3v) is 2.97. The third kappa shape index (κ3) is 3.93. The Morgan fingerprint density at radius 2 is 1.58 bits per heavy atom. The molecule has 0 amide bonds. The summed E-state index contributed by atoms with van der Waals surface area (Å²) >= 11 is 0. The van der Waals surface area contributed by atoms with E-state index in [9.17, 15) is 26.3 Å². The van der Waals surface area contributed by atoms with Gasteiger partial charge in [0.1, 0.15) is 22.9 Å². The second-order valence-electron chi connectivity index (χ2n) is 4.69. The first-order valence-corrected chi connectivity index (χ1v) is 6.81. The van der Waals surface area contributed by atoms with Gasteiger partial charge < -0.3 is 9.47 Å². The van der Waals surface area contributed by atoms with Crippen LogP contribution in [0.4, 0.5) is 26.3 Å². The molecule has 0 aliphatic carbocycles. The lowest BCUT2D eigenvalue weighted by molar-refractivity contribution is -0.185. The van der Waals surface area contributed by atoms with Gasteiger partial charge in [0.2, 0.25) is 0 Å². The molecule has 0 fully saturated rings. The van der Waals surface area contributed by atoms with E-state index in [1.54, 1.807) is 0 Å². The smallest absolute Gasteiger partial charge is 0.426 e.